The van der Waals surface area contributed by atoms with E-state index < -0.39 is 11.7 Å². The highest BCUT2D eigenvalue weighted by Gasteiger charge is 2.33. The van der Waals surface area contributed by atoms with Gasteiger partial charge in [-0.1, -0.05) is 42.1 Å². The molecule has 0 aliphatic carbocycles. The van der Waals surface area contributed by atoms with Crippen molar-refractivity contribution in [2.45, 2.75) is 30.2 Å². The molecule has 0 saturated carbocycles. The molecule has 3 aromatic rings. The summed E-state index contributed by atoms with van der Waals surface area (Å²) >= 11 is 1.36. The molecule has 0 radical (unpaired) electrons. The second-order valence-electron chi connectivity index (χ2n) is 6.03. The van der Waals surface area contributed by atoms with Crippen LogP contribution in [-0.4, -0.2) is 14.7 Å². The first kappa shape index (κ1) is 20.0. The number of hydrogen-bond donors (Lipinski definition) is 1. The van der Waals surface area contributed by atoms with Crippen LogP contribution in [0.25, 0.3) is 0 Å². The number of imidazole rings is 1. The lowest BCUT2D eigenvalue weighted by molar-refractivity contribution is -0.138. The van der Waals surface area contributed by atoms with E-state index in [9.17, 15) is 18.3 Å². The van der Waals surface area contributed by atoms with Gasteiger partial charge in [-0.2, -0.15) is 18.4 Å². The van der Waals surface area contributed by atoms with Gasteiger partial charge in [-0.25, -0.2) is 4.98 Å². The van der Waals surface area contributed by atoms with Crippen molar-refractivity contribution in [3.05, 3.63) is 82.7 Å². The average molecular weight is 403 g/mol. The van der Waals surface area contributed by atoms with Crippen LogP contribution in [0.5, 0.6) is 0 Å². The van der Waals surface area contributed by atoms with Crippen molar-refractivity contribution in [1.82, 2.24) is 9.55 Å². The van der Waals surface area contributed by atoms with Crippen LogP contribution in [0.1, 0.15) is 27.9 Å². The molecule has 8 heteroatoms. The van der Waals surface area contributed by atoms with Crippen molar-refractivity contribution in [3.63, 3.8) is 0 Å². The SMILES string of the molecule is N#Cc1ccc(CSc2ncc(CO)n2Cc2ccccc2C(F)(F)F)cc1. The molecule has 0 saturated heterocycles. The van der Waals surface area contributed by atoms with Gasteiger partial charge in [0.25, 0.3) is 0 Å². The van der Waals surface area contributed by atoms with Gasteiger partial charge in [-0.15, -0.1) is 0 Å². The van der Waals surface area contributed by atoms with Crippen molar-refractivity contribution in [2.75, 3.05) is 0 Å². The molecule has 0 unspecified atom stereocenters. The Morgan fingerprint density at radius 2 is 1.82 bits per heavy atom. The maximum atomic E-state index is 13.3. The Bertz CT molecular complexity index is 991. The van der Waals surface area contributed by atoms with Gasteiger partial charge in [-0.3, -0.25) is 0 Å². The van der Waals surface area contributed by atoms with Crippen LogP contribution < -0.4 is 0 Å². The molecule has 0 fully saturated rings. The standard InChI is InChI=1S/C20H16F3N3OS/c21-20(22,23)18-4-2-1-3-16(18)11-26-17(12-27)10-25-19(26)28-13-15-7-5-14(9-24)6-8-15/h1-8,10,27H,11-13H2. The van der Waals surface area contributed by atoms with Crippen LogP contribution in [0.3, 0.4) is 0 Å². The van der Waals surface area contributed by atoms with Gasteiger partial charge in [0.15, 0.2) is 5.16 Å². The minimum Gasteiger partial charge on any atom is -0.390 e. The Hall–Kier alpha value is -2.76. The van der Waals surface area contributed by atoms with E-state index in [0.29, 0.717) is 22.2 Å². The van der Waals surface area contributed by atoms with Crippen molar-refractivity contribution in [2.24, 2.45) is 0 Å². The number of benzene rings is 2. The van der Waals surface area contributed by atoms with E-state index in [2.05, 4.69) is 4.98 Å². The van der Waals surface area contributed by atoms with Gasteiger partial charge >= 0.3 is 6.18 Å². The molecule has 1 aromatic heterocycles. The summed E-state index contributed by atoms with van der Waals surface area (Å²) < 4.78 is 41.5. The molecule has 3 rings (SSSR count). The average Bonchev–Trinajstić information content (AvgIpc) is 3.08. The highest BCUT2D eigenvalue weighted by atomic mass is 32.2. The normalized spacial score (nSPS) is 11.4. The van der Waals surface area contributed by atoms with Crippen molar-refractivity contribution in [1.29, 1.82) is 5.26 Å². The summed E-state index contributed by atoms with van der Waals surface area (Å²) in [6, 6.07) is 14.5. The number of aliphatic hydroxyl groups excluding tert-OH is 1. The minimum absolute atomic E-state index is 0.0404. The Morgan fingerprint density at radius 1 is 1.11 bits per heavy atom. The Labute approximate surface area is 164 Å². The van der Waals surface area contributed by atoms with Gasteiger partial charge in [-0.05, 0) is 29.3 Å². The number of nitriles is 1. The second kappa shape index (κ2) is 8.50. The second-order valence-corrected chi connectivity index (χ2v) is 6.97. The summed E-state index contributed by atoms with van der Waals surface area (Å²) in [5.74, 6) is 0.536. The molecule has 4 nitrogen and oxygen atoms in total. The fourth-order valence-corrected chi connectivity index (χ4v) is 3.68. The first-order chi connectivity index (χ1) is 13.4. The monoisotopic (exact) mass is 403 g/mol. The molecule has 0 spiro atoms. The number of aromatic nitrogens is 2. The van der Waals surface area contributed by atoms with Crippen LogP contribution in [0, 0.1) is 11.3 Å². The third-order valence-corrected chi connectivity index (χ3v) is 5.23. The number of nitrogens with zero attached hydrogens (tertiary/aromatic N) is 3. The van der Waals surface area contributed by atoms with Crippen molar-refractivity contribution in [3.8, 4) is 6.07 Å². The maximum Gasteiger partial charge on any atom is 0.416 e. The van der Waals surface area contributed by atoms with Gasteiger partial charge in [0.05, 0.1) is 42.2 Å². The lowest BCUT2D eigenvalue weighted by Crippen LogP contribution is -2.13. The molecule has 0 atom stereocenters. The number of halogens is 3. The van der Waals surface area contributed by atoms with E-state index in [-0.39, 0.29) is 18.7 Å². The molecular weight excluding hydrogens is 387 g/mol. The first-order valence-electron chi connectivity index (χ1n) is 8.34. The van der Waals surface area contributed by atoms with Gasteiger partial charge in [0, 0.05) is 5.75 Å². The van der Waals surface area contributed by atoms with Gasteiger partial charge in [0.2, 0.25) is 0 Å². The van der Waals surface area contributed by atoms with E-state index in [4.69, 9.17) is 5.26 Å². The van der Waals surface area contributed by atoms with Crippen LogP contribution in [0.4, 0.5) is 13.2 Å². The molecule has 1 N–H and O–H groups in total. The zero-order valence-corrected chi connectivity index (χ0v) is 15.5. The van der Waals surface area contributed by atoms with E-state index in [0.717, 1.165) is 11.6 Å². The summed E-state index contributed by atoms with van der Waals surface area (Å²) in [6.07, 6.45) is -2.98. The Kier molecular flexibility index (Phi) is 6.07. The molecule has 2 aromatic carbocycles. The van der Waals surface area contributed by atoms with Crippen LogP contribution in [0.15, 0.2) is 59.9 Å². The Morgan fingerprint density at radius 3 is 2.46 bits per heavy atom. The zero-order chi connectivity index (χ0) is 20.1. The fraction of sp³-hybridized carbons (Fsp3) is 0.200. The first-order valence-corrected chi connectivity index (χ1v) is 9.33. The van der Waals surface area contributed by atoms with Crippen LogP contribution >= 0.6 is 11.8 Å². The van der Waals surface area contributed by atoms with Crippen molar-refractivity contribution < 1.29 is 18.3 Å². The molecule has 0 aliphatic rings. The summed E-state index contributed by atoms with van der Waals surface area (Å²) in [5, 5.41) is 18.9. The smallest absolute Gasteiger partial charge is 0.390 e. The van der Waals surface area contributed by atoms with E-state index in [1.807, 2.05) is 18.2 Å². The van der Waals surface area contributed by atoms with Crippen LogP contribution in [-0.2, 0) is 25.1 Å². The largest absolute Gasteiger partial charge is 0.416 e. The highest BCUT2D eigenvalue weighted by Crippen LogP contribution is 2.33. The number of rotatable bonds is 6. The fourth-order valence-electron chi connectivity index (χ4n) is 2.73. The summed E-state index contributed by atoms with van der Waals surface area (Å²) in [5.41, 5.74) is 1.37. The third kappa shape index (κ3) is 4.55. The predicted molar refractivity (Wildman–Crippen MR) is 99.4 cm³/mol. The molecule has 28 heavy (non-hydrogen) atoms. The summed E-state index contributed by atoms with van der Waals surface area (Å²) in [7, 11) is 0. The summed E-state index contributed by atoms with van der Waals surface area (Å²) in [6.45, 7) is -0.361. The quantitative estimate of drug-likeness (QED) is 0.611. The lowest BCUT2D eigenvalue weighted by Gasteiger charge is -2.16. The molecule has 1 heterocycles. The molecule has 0 bridgehead atoms. The van der Waals surface area contributed by atoms with E-state index >= 15 is 0 Å². The lowest BCUT2D eigenvalue weighted by atomic mass is 10.1. The number of alkyl halides is 3. The predicted octanol–water partition coefficient (Wildman–Crippen LogP) is 4.61. The summed E-state index contributed by atoms with van der Waals surface area (Å²) in [4.78, 5) is 4.26. The highest BCUT2D eigenvalue weighted by molar-refractivity contribution is 7.98. The zero-order valence-electron chi connectivity index (χ0n) is 14.6. The van der Waals surface area contributed by atoms with E-state index in [1.165, 1.54) is 30.1 Å². The van der Waals surface area contributed by atoms with Gasteiger partial charge < -0.3 is 9.67 Å². The number of thioether (sulfide) groups is 1. The number of aliphatic hydroxyl groups is 1. The van der Waals surface area contributed by atoms with Gasteiger partial charge in [0.1, 0.15) is 0 Å². The third-order valence-electron chi connectivity index (χ3n) is 4.17. The van der Waals surface area contributed by atoms with E-state index in [1.54, 1.807) is 22.8 Å². The molecule has 0 aliphatic heterocycles. The van der Waals surface area contributed by atoms with Crippen LogP contribution in [0.2, 0.25) is 0 Å². The number of hydrogen-bond acceptors (Lipinski definition) is 4. The Balaban J connectivity index is 1.84. The topological polar surface area (TPSA) is 61.8 Å². The molecule has 0 amide bonds. The minimum atomic E-state index is -4.45. The molecule has 144 valence electrons. The molecular formula is C20H16F3N3OS. The van der Waals surface area contributed by atoms with Crippen molar-refractivity contribution >= 4 is 11.8 Å². The maximum absolute atomic E-state index is 13.3.